The Hall–Kier alpha value is -3.06. The first-order chi connectivity index (χ1) is 14.5. The van der Waals surface area contributed by atoms with Crippen molar-refractivity contribution in [1.29, 1.82) is 0 Å². The molecule has 1 amide bonds. The average molecular weight is 420 g/mol. The molecular formula is C23H25N5OS. The van der Waals surface area contributed by atoms with Gasteiger partial charge in [0.1, 0.15) is 0 Å². The third-order valence-corrected chi connectivity index (χ3v) is 6.10. The predicted octanol–water partition coefficient (Wildman–Crippen LogP) is 4.70. The first-order valence-corrected chi connectivity index (χ1v) is 10.8. The molecule has 0 bridgehead atoms. The number of aromatic nitrogens is 4. The quantitative estimate of drug-likeness (QED) is 0.497. The first-order valence-electron chi connectivity index (χ1n) is 10.0. The molecule has 30 heavy (non-hydrogen) atoms. The van der Waals surface area contributed by atoms with E-state index >= 15 is 0 Å². The molecule has 0 N–H and O–H groups in total. The van der Waals surface area contributed by atoms with Crippen molar-refractivity contribution >= 4 is 17.2 Å². The molecular weight excluding hydrogens is 394 g/mol. The average Bonchev–Trinajstić information content (AvgIpc) is 3.39. The van der Waals surface area contributed by atoms with Crippen LogP contribution in [-0.2, 0) is 0 Å². The maximum absolute atomic E-state index is 13.2. The van der Waals surface area contributed by atoms with E-state index in [1.807, 2.05) is 6.07 Å². The Morgan fingerprint density at radius 1 is 1.30 bits per heavy atom. The van der Waals surface area contributed by atoms with E-state index in [4.69, 9.17) is 4.98 Å². The van der Waals surface area contributed by atoms with Crippen molar-refractivity contribution in [3.63, 3.8) is 0 Å². The Bertz CT molecular complexity index is 1100. The highest BCUT2D eigenvalue weighted by Crippen LogP contribution is 2.42. The Balaban J connectivity index is 1.75. The van der Waals surface area contributed by atoms with Crippen molar-refractivity contribution in [2.24, 2.45) is 0 Å². The number of thiophene rings is 1. The summed E-state index contributed by atoms with van der Waals surface area (Å²) in [6.45, 7) is 12.6. The number of carbonyl (C=O) groups excluding carboxylic acids is 1. The summed E-state index contributed by atoms with van der Waals surface area (Å²) < 4.78 is 1.74. The van der Waals surface area contributed by atoms with Crippen LogP contribution in [0.2, 0.25) is 0 Å². The van der Waals surface area contributed by atoms with Crippen LogP contribution in [0.15, 0.2) is 49.8 Å². The van der Waals surface area contributed by atoms with Crippen LogP contribution in [0.1, 0.15) is 44.6 Å². The lowest BCUT2D eigenvalue weighted by Gasteiger charge is -2.19. The molecule has 1 aliphatic carbocycles. The van der Waals surface area contributed by atoms with Gasteiger partial charge in [0.25, 0.3) is 11.9 Å². The second kappa shape index (κ2) is 8.36. The van der Waals surface area contributed by atoms with Crippen molar-refractivity contribution in [3.8, 4) is 17.2 Å². The summed E-state index contributed by atoms with van der Waals surface area (Å²) >= 11 is 1.76. The molecule has 6 nitrogen and oxygen atoms in total. The zero-order chi connectivity index (χ0) is 21.3. The molecule has 3 aromatic rings. The molecule has 1 aliphatic rings. The van der Waals surface area contributed by atoms with Crippen LogP contribution in [0.4, 0.5) is 0 Å². The summed E-state index contributed by atoms with van der Waals surface area (Å²) in [7, 11) is 0. The molecule has 0 atom stereocenters. The van der Waals surface area contributed by atoms with Gasteiger partial charge in [-0.25, -0.2) is 14.6 Å². The summed E-state index contributed by atoms with van der Waals surface area (Å²) in [5, 5.41) is 4.53. The van der Waals surface area contributed by atoms with Gasteiger partial charge in [-0.1, -0.05) is 12.2 Å². The van der Waals surface area contributed by atoms with Crippen molar-refractivity contribution in [1.82, 2.24) is 24.6 Å². The molecule has 0 unspecified atom stereocenters. The summed E-state index contributed by atoms with van der Waals surface area (Å²) in [5.41, 5.74) is 3.49. The summed E-state index contributed by atoms with van der Waals surface area (Å²) in [5.74, 6) is 0.734. The summed E-state index contributed by atoms with van der Waals surface area (Å²) in [6, 6.07) is 4.06. The highest BCUT2D eigenvalue weighted by molar-refractivity contribution is 7.12. The molecule has 0 aromatic carbocycles. The fourth-order valence-corrected chi connectivity index (χ4v) is 4.57. The van der Waals surface area contributed by atoms with Gasteiger partial charge in [-0.2, -0.15) is 5.10 Å². The molecule has 3 heterocycles. The lowest BCUT2D eigenvalue weighted by atomic mass is 10.1. The van der Waals surface area contributed by atoms with Gasteiger partial charge in [0.15, 0.2) is 0 Å². The maximum atomic E-state index is 13.2. The van der Waals surface area contributed by atoms with E-state index in [2.05, 4.69) is 43.2 Å². The smallest absolute Gasteiger partial charge is 0.257 e. The molecule has 1 fully saturated rings. The fourth-order valence-electron chi connectivity index (χ4n) is 3.64. The third kappa shape index (κ3) is 3.85. The van der Waals surface area contributed by atoms with E-state index in [1.165, 1.54) is 9.75 Å². The maximum Gasteiger partial charge on any atom is 0.257 e. The number of hydrogen-bond donors (Lipinski definition) is 0. The van der Waals surface area contributed by atoms with Gasteiger partial charge in [-0.05, 0) is 38.8 Å². The van der Waals surface area contributed by atoms with E-state index in [-0.39, 0.29) is 5.91 Å². The van der Waals surface area contributed by atoms with E-state index in [0.29, 0.717) is 30.5 Å². The van der Waals surface area contributed by atoms with Gasteiger partial charge in [0.2, 0.25) is 0 Å². The van der Waals surface area contributed by atoms with Crippen LogP contribution in [0.5, 0.6) is 0 Å². The van der Waals surface area contributed by atoms with Crippen molar-refractivity contribution in [2.45, 2.75) is 32.6 Å². The van der Waals surface area contributed by atoms with E-state index < -0.39 is 0 Å². The van der Waals surface area contributed by atoms with Crippen LogP contribution >= 0.6 is 11.3 Å². The van der Waals surface area contributed by atoms with Gasteiger partial charge < -0.3 is 4.90 Å². The van der Waals surface area contributed by atoms with Crippen LogP contribution in [0.3, 0.4) is 0 Å². The largest absolute Gasteiger partial charge is 0.331 e. The monoisotopic (exact) mass is 419 g/mol. The Morgan fingerprint density at radius 3 is 2.63 bits per heavy atom. The minimum absolute atomic E-state index is 0.0663. The van der Waals surface area contributed by atoms with Crippen LogP contribution < -0.4 is 0 Å². The number of hydrogen-bond acceptors (Lipinski definition) is 5. The molecule has 0 saturated heterocycles. The van der Waals surface area contributed by atoms with Crippen LogP contribution in [0.25, 0.3) is 17.2 Å². The van der Waals surface area contributed by atoms with Gasteiger partial charge in [0, 0.05) is 40.5 Å². The zero-order valence-corrected chi connectivity index (χ0v) is 18.2. The lowest BCUT2D eigenvalue weighted by molar-refractivity contribution is 0.0789. The fraction of sp³-hybridized carbons (Fsp3) is 0.304. The van der Waals surface area contributed by atoms with Gasteiger partial charge in [-0.15, -0.1) is 24.5 Å². The normalized spacial score (nSPS) is 13.3. The van der Waals surface area contributed by atoms with Crippen molar-refractivity contribution < 1.29 is 4.79 Å². The second-order valence-electron chi connectivity index (χ2n) is 7.49. The summed E-state index contributed by atoms with van der Waals surface area (Å²) in [6.07, 6.45) is 8.92. The number of aryl methyl sites for hydroxylation is 2. The number of nitrogens with zero attached hydrogens (tertiary/aromatic N) is 5. The number of rotatable bonds is 8. The first kappa shape index (κ1) is 20.2. The minimum Gasteiger partial charge on any atom is -0.331 e. The highest BCUT2D eigenvalue weighted by atomic mass is 32.1. The lowest BCUT2D eigenvalue weighted by Crippen LogP contribution is -2.31. The molecule has 3 aromatic heterocycles. The van der Waals surface area contributed by atoms with Crippen LogP contribution in [-0.4, -0.2) is 43.6 Å². The van der Waals surface area contributed by atoms with Crippen LogP contribution in [0, 0.1) is 13.8 Å². The number of carbonyl (C=O) groups is 1. The Labute approximate surface area is 180 Å². The van der Waals surface area contributed by atoms with Gasteiger partial charge in [-0.3, -0.25) is 4.79 Å². The van der Waals surface area contributed by atoms with E-state index in [9.17, 15) is 4.79 Å². The van der Waals surface area contributed by atoms with Crippen molar-refractivity contribution in [3.05, 3.63) is 70.8 Å². The molecule has 7 heteroatoms. The SMILES string of the molecule is C=CCN(CC=C)C(=O)c1cnn(-c2nccc(-c3cc(C)sc3C)n2)c1C1CC1. The predicted molar refractivity (Wildman–Crippen MR) is 120 cm³/mol. The second-order valence-corrected chi connectivity index (χ2v) is 8.95. The van der Waals surface area contributed by atoms with Gasteiger partial charge in [0.05, 0.1) is 23.1 Å². The molecule has 1 saturated carbocycles. The molecule has 0 radical (unpaired) electrons. The summed E-state index contributed by atoms with van der Waals surface area (Å²) in [4.78, 5) is 26.6. The van der Waals surface area contributed by atoms with E-state index in [0.717, 1.165) is 29.8 Å². The molecule has 154 valence electrons. The zero-order valence-electron chi connectivity index (χ0n) is 17.3. The van der Waals surface area contributed by atoms with Crippen molar-refractivity contribution in [2.75, 3.05) is 13.1 Å². The molecule has 0 aliphatic heterocycles. The standard InChI is InChI=1S/C23H25N5OS/c1-5-11-27(12-6-2)22(29)19-14-25-28(21(19)17-7-8-17)23-24-10-9-20(26-23)18-13-15(3)30-16(18)4/h5-6,9-10,13-14,17H,1-2,7-8,11-12H2,3-4H3. The third-order valence-electron chi connectivity index (χ3n) is 5.14. The number of amides is 1. The Kier molecular flexibility index (Phi) is 5.63. The highest BCUT2D eigenvalue weighted by Gasteiger charge is 2.34. The van der Waals surface area contributed by atoms with Gasteiger partial charge >= 0.3 is 0 Å². The van der Waals surface area contributed by atoms with E-state index in [1.54, 1.807) is 45.5 Å². The minimum atomic E-state index is -0.0663. The Morgan fingerprint density at radius 2 is 2.03 bits per heavy atom. The topological polar surface area (TPSA) is 63.9 Å². The molecule has 0 spiro atoms. The molecule has 4 rings (SSSR count).